The fourth-order valence-corrected chi connectivity index (χ4v) is 3.28. The molecule has 2 rings (SSSR count). The number of benzene rings is 1. The molecule has 1 aliphatic heterocycles. The Morgan fingerprint density at radius 2 is 2.11 bits per heavy atom. The van der Waals surface area contributed by atoms with Crippen LogP contribution < -0.4 is 16.0 Å². The first-order valence-corrected chi connectivity index (χ1v) is 9.35. The second-order valence-electron chi connectivity index (χ2n) is 6.91. The third-order valence-electron chi connectivity index (χ3n) is 4.68. The number of likely N-dealkylation sites (tertiary alicyclic amines) is 1. The zero-order chi connectivity index (χ0) is 20.6. The van der Waals surface area contributed by atoms with Gasteiger partial charge in [-0.2, -0.15) is 13.2 Å². The molecule has 1 saturated heterocycles. The number of alkyl halides is 3. The van der Waals surface area contributed by atoms with Crippen molar-refractivity contribution in [2.45, 2.75) is 19.0 Å². The number of carbonyl (C=O) groups excluding carboxylic acids is 1. The molecule has 9 heteroatoms. The molecule has 1 aromatic carbocycles. The summed E-state index contributed by atoms with van der Waals surface area (Å²) in [7, 11) is 3.26. The van der Waals surface area contributed by atoms with Crippen LogP contribution >= 0.6 is 0 Å². The maximum absolute atomic E-state index is 12.5. The molecular weight excluding hydrogens is 371 g/mol. The van der Waals surface area contributed by atoms with Gasteiger partial charge in [0, 0.05) is 39.3 Å². The summed E-state index contributed by atoms with van der Waals surface area (Å²) in [6.45, 7) is 1.28. The molecule has 0 aromatic heterocycles. The normalized spacial score (nSPS) is 18.2. The zero-order valence-electron chi connectivity index (χ0n) is 16.3. The molecule has 1 amide bonds. The van der Waals surface area contributed by atoms with Gasteiger partial charge in [0.15, 0.2) is 5.96 Å². The van der Waals surface area contributed by atoms with Crippen molar-refractivity contribution in [3.05, 3.63) is 35.4 Å². The van der Waals surface area contributed by atoms with Crippen molar-refractivity contribution in [3.63, 3.8) is 0 Å². The maximum atomic E-state index is 12.5. The van der Waals surface area contributed by atoms with Crippen LogP contribution in [0.1, 0.15) is 22.3 Å². The van der Waals surface area contributed by atoms with E-state index in [0.717, 1.165) is 12.0 Å². The summed E-state index contributed by atoms with van der Waals surface area (Å²) in [6.07, 6.45) is -2.68. The zero-order valence-corrected chi connectivity index (χ0v) is 16.3. The highest BCUT2D eigenvalue weighted by atomic mass is 19.4. The van der Waals surface area contributed by atoms with Crippen LogP contribution in [0.5, 0.6) is 0 Å². The fourth-order valence-electron chi connectivity index (χ4n) is 3.28. The molecule has 1 atom stereocenters. The van der Waals surface area contributed by atoms with Crippen molar-refractivity contribution < 1.29 is 18.0 Å². The lowest BCUT2D eigenvalue weighted by atomic mass is 10.1. The number of hydrogen-bond acceptors (Lipinski definition) is 3. The van der Waals surface area contributed by atoms with Gasteiger partial charge >= 0.3 is 6.18 Å². The molecule has 0 bridgehead atoms. The van der Waals surface area contributed by atoms with Crippen molar-refractivity contribution in [2.24, 2.45) is 10.9 Å². The second kappa shape index (κ2) is 10.3. The topological polar surface area (TPSA) is 68.8 Å². The van der Waals surface area contributed by atoms with Crippen LogP contribution in [0.2, 0.25) is 0 Å². The number of nitrogens with one attached hydrogen (secondary N) is 3. The van der Waals surface area contributed by atoms with Crippen LogP contribution in [0.15, 0.2) is 29.3 Å². The molecule has 0 radical (unpaired) electrons. The largest absolute Gasteiger partial charge is 0.401 e. The minimum Gasteiger partial charge on any atom is -0.356 e. The Kier molecular flexibility index (Phi) is 8.10. The summed E-state index contributed by atoms with van der Waals surface area (Å²) in [5, 5.41) is 8.99. The molecule has 28 heavy (non-hydrogen) atoms. The molecule has 1 unspecified atom stereocenters. The van der Waals surface area contributed by atoms with Crippen molar-refractivity contribution in [2.75, 3.05) is 46.8 Å². The lowest BCUT2D eigenvalue weighted by Crippen LogP contribution is -2.41. The lowest BCUT2D eigenvalue weighted by molar-refractivity contribution is -0.143. The van der Waals surface area contributed by atoms with E-state index in [1.54, 1.807) is 20.2 Å². The van der Waals surface area contributed by atoms with E-state index >= 15 is 0 Å². The molecule has 3 N–H and O–H groups in total. The Balaban J connectivity index is 1.72. The summed E-state index contributed by atoms with van der Waals surface area (Å²) < 4.78 is 37.4. The number of halogens is 3. The average molecular weight is 399 g/mol. The number of rotatable bonds is 7. The molecule has 1 heterocycles. The number of hydrogen-bond donors (Lipinski definition) is 3. The standard InChI is InChI=1S/C19H28F3N5O/c1-23-17(28)16-5-3-4-14(10-16)6-8-25-18(24-2)26-11-15-7-9-27(12-15)13-19(20,21)22/h3-5,10,15H,6-9,11-13H2,1-2H3,(H,23,28)(H2,24,25,26). The van der Waals surface area contributed by atoms with E-state index in [1.807, 2.05) is 18.2 Å². The summed E-state index contributed by atoms with van der Waals surface area (Å²) in [5.74, 6) is 0.672. The number of guanidine groups is 1. The van der Waals surface area contributed by atoms with Crippen molar-refractivity contribution >= 4 is 11.9 Å². The minimum atomic E-state index is -4.14. The van der Waals surface area contributed by atoms with E-state index in [4.69, 9.17) is 0 Å². The van der Waals surface area contributed by atoms with Gasteiger partial charge in [0.1, 0.15) is 0 Å². The summed E-state index contributed by atoms with van der Waals surface area (Å²) in [5.41, 5.74) is 1.65. The van der Waals surface area contributed by atoms with E-state index in [0.29, 0.717) is 44.1 Å². The Morgan fingerprint density at radius 1 is 1.32 bits per heavy atom. The van der Waals surface area contributed by atoms with Crippen molar-refractivity contribution in [1.29, 1.82) is 0 Å². The summed E-state index contributed by atoms with van der Waals surface area (Å²) >= 11 is 0. The Labute approximate surface area is 163 Å². The third-order valence-corrected chi connectivity index (χ3v) is 4.68. The van der Waals surface area contributed by atoms with Crippen molar-refractivity contribution in [3.8, 4) is 0 Å². The van der Waals surface area contributed by atoms with Gasteiger partial charge in [-0.05, 0) is 43.0 Å². The quantitative estimate of drug-likeness (QED) is 0.482. The summed E-state index contributed by atoms with van der Waals surface area (Å²) in [6, 6.07) is 7.42. The molecule has 1 aliphatic rings. The van der Waals surface area contributed by atoms with Gasteiger partial charge in [0.05, 0.1) is 6.54 Å². The molecule has 0 saturated carbocycles. The second-order valence-corrected chi connectivity index (χ2v) is 6.91. The van der Waals surface area contributed by atoms with Crippen molar-refractivity contribution in [1.82, 2.24) is 20.9 Å². The first-order chi connectivity index (χ1) is 13.3. The third kappa shape index (κ3) is 7.38. The van der Waals surface area contributed by atoms with Crippen LogP contribution in [-0.2, 0) is 6.42 Å². The Bertz CT molecular complexity index is 678. The highest BCUT2D eigenvalue weighted by Gasteiger charge is 2.34. The predicted octanol–water partition coefficient (Wildman–Crippen LogP) is 1.64. The Hall–Kier alpha value is -2.29. The van der Waals surface area contributed by atoms with Crippen LogP contribution in [0.25, 0.3) is 0 Å². The Morgan fingerprint density at radius 3 is 2.79 bits per heavy atom. The number of nitrogens with zero attached hydrogens (tertiary/aromatic N) is 2. The average Bonchev–Trinajstić information content (AvgIpc) is 3.09. The maximum Gasteiger partial charge on any atom is 0.401 e. The predicted molar refractivity (Wildman–Crippen MR) is 104 cm³/mol. The number of carbonyl (C=O) groups is 1. The van der Waals surface area contributed by atoms with E-state index < -0.39 is 12.7 Å². The van der Waals surface area contributed by atoms with Crippen LogP contribution in [0, 0.1) is 5.92 Å². The van der Waals surface area contributed by atoms with Gasteiger partial charge in [-0.3, -0.25) is 14.7 Å². The molecular formula is C19H28F3N5O. The first-order valence-electron chi connectivity index (χ1n) is 9.35. The molecule has 1 aromatic rings. The number of amides is 1. The van der Waals surface area contributed by atoms with Gasteiger partial charge in [-0.15, -0.1) is 0 Å². The van der Waals surface area contributed by atoms with Gasteiger partial charge in [-0.1, -0.05) is 12.1 Å². The molecule has 1 fully saturated rings. The van der Waals surface area contributed by atoms with E-state index in [9.17, 15) is 18.0 Å². The summed E-state index contributed by atoms with van der Waals surface area (Å²) in [4.78, 5) is 17.3. The fraction of sp³-hybridized carbons (Fsp3) is 0.579. The monoisotopic (exact) mass is 399 g/mol. The molecule has 6 nitrogen and oxygen atoms in total. The van der Waals surface area contributed by atoms with Gasteiger partial charge in [0.25, 0.3) is 5.91 Å². The van der Waals surface area contributed by atoms with Gasteiger partial charge in [-0.25, -0.2) is 0 Å². The van der Waals surface area contributed by atoms with E-state index in [-0.39, 0.29) is 11.8 Å². The van der Waals surface area contributed by atoms with Crippen LogP contribution in [-0.4, -0.2) is 69.8 Å². The van der Waals surface area contributed by atoms with Gasteiger partial charge in [0.2, 0.25) is 0 Å². The smallest absolute Gasteiger partial charge is 0.356 e. The van der Waals surface area contributed by atoms with E-state index in [1.165, 1.54) is 4.90 Å². The molecule has 156 valence electrons. The van der Waals surface area contributed by atoms with E-state index in [2.05, 4.69) is 20.9 Å². The highest BCUT2D eigenvalue weighted by Crippen LogP contribution is 2.22. The van der Waals surface area contributed by atoms with Gasteiger partial charge < -0.3 is 16.0 Å². The highest BCUT2D eigenvalue weighted by molar-refractivity contribution is 5.94. The van der Waals surface area contributed by atoms with Crippen LogP contribution in [0.3, 0.4) is 0 Å². The minimum absolute atomic E-state index is 0.122. The number of aliphatic imine (C=N–C) groups is 1. The lowest BCUT2D eigenvalue weighted by Gasteiger charge is -2.18. The van der Waals surface area contributed by atoms with Crippen LogP contribution in [0.4, 0.5) is 13.2 Å². The first kappa shape index (κ1) is 22.0. The molecule has 0 aliphatic carbocycles. The SMILES string of the molecule is CN=C(NCCc1cccc(C(=O)NC)c1)NCC1CCN(CC(F)(F)F)C1. The molecule has 0 spiro atoms.